The van der Waals surface area contributed by atoms with E-state index >= 15 is 0 Å². The van der Waals surface area contributed by atoms with Gasteiger partial charge in [0.15, 0.2) is 0 Å². The second-order valence-electron chi connectivity index (χ2n) is 6.62. The maximum atomic E-state index is 14.3. The van der Waals surface area contributed by atoms with Crippen LogP contribution < -0.4 is 5.32 Å². The van der Waals surface area contributed by atoms with Crippen molar-refractivity contribution in [3.05, 3.63) is 71.4 Å². The molecule has 1 aliphatic rings. The third-order valence-corrected chi connectivity index (χ3v) is 4.88. The van der Waals surface area contributed by atoms with E-state index in [1.807, 2.05) is 12.1 Å². The van der Waals surface area contributed by atoms with E-state index in [1.54, 1.807) is 6.07 Å². The van der Waals surface area contributed by atoms with Gasteiger partial charge in [-0.2, -0.15) is 0 Å². The van der Waals surface area contributed by atoms with E-state index in [9.17, 15) is 8.78 Å². The molecule has 4 rings (SSSR count). The number of nitrogens with one attached hydrogen (secondary N) is 1. The van der Waals surface area contributed by atoms with Crippen LogP contribution in [0.2, 0.25) is 0 Å². The normalized spacial score (nSPS) is 15.2. The van der Waals surface area contributed by atoms with E-state index in [0.29, 0.717) is 12.2 Å². The average Bonchev–Trinajstić information content (AvgIpc) is 2.71. The van der Waals surface area contributed by atoms with Crippen molar-refractivity contribution < 1.29 is 13.5 Å². The number of benzene rings is 2. The summed E-state index contributed by atoms with van der Waals surface area (Å²) >= 11 is 0. The lowest BCUT2D eigenvalue weighted by Crippen LogP contribution is -2.35. The monoisotopic (exact) mass is 369 g/mol. The van der Waals surface area contributed by atoms with Crippen molar-refractivity contribution in [2.45, 2.75) is 13.1 Å². The number of halogens is 2. The van der Waals surface area contributed by atoms with Crippen LogP contribution >= 0.6 is 0 Å². The number of rotatable bonds is 5. The predicted molar refractivity (Wildman–Crippen MR) is 102 cm³/mol. The van der Waals surface area contributed by atoms with Crippen LogP contribution in [-0.4, -0.2) is 36.2 Å². The Morgan fingerprint density at radius 3 is 2.52 bits per heavy atom. The first-order chi connectivity index (χ1) is 13.2. The summed E-state index contributed by atoms with van der Waals surface area (Å²) in [5.74, 6) is -1.01. The first-order valence-corrected chi connectivity index (χ1v) is 9.06. The zero-order valence-electron chi connectivity index (χ0n) is 14.9. The van der Waals surface area contributed by atoms with Crippen LogP contribution in [0.25, 0.3) is 10.9 Å². The van der Waals surface area contributed by atoms with Crippen molar-refractivity contribution in [3.8, 4) is 0 Å². The zero-order chi connectivity index (χ0) is 18.6. The Balaban J connectivity index is 1.56. The summed E-state index contributed by atoms with van der Waals surface area (Å²) in [5.41, 5.74) is 2.93. The third kappa shape index (κ3) is 3.91. The average molecular weight is 369 g/mol. The molecule has 140 valence electrons. The van der Waals surface area contributed by atoms with E-state index in [0.717, 1.165) is 50.5 Å². The minimum Gasteiger partial charge on any atom is -0.380 e. The molecule has 0 radical (unpaired) electrons. The highest BCUT2D eigenvalue weighted by atomic mass is 19.1. The number of ether oxygens (including phenoxy) is 1. The van der Waals surface area contributed by atoms with E-state index in [4.69, 9.17) is 4.74 Å². The summed E-state index contributed by atoms with van der Waals surface area (Å²) in [6.45, 7) is 4.72. The van der Waals surface area contributed by atoms with Crippen LogP contribution in [0.5, 0.6) is 0 Å². The van der Waals surface area contributed by atoms with Gasteiger partial charge in [-0.05, 0) is 29.3 Å². The number of nitrogens with zero attached hydrogens (tertiary/aromatic N) is 2. The fourth-order valence-electron chi connectivity index (χ4n) is 3.42. The summed E-state index contributed by atoms with van der Waals surface area (Å²) in [6.07, 6.45) is 1.49. The molecule has 27 heavy (non-hydrogen) atoms. The lowest BCUT2D eigenvalue weighted by molar-refractivity contribution is 0.0341. The van der Waals surface area contributed by atoms with E-state index in [1.165, 1.54) is 11.8 Å². The molecule has 0 aliphatic carbocycles. The predicted octanol–water partition coefficient (Wildman–Crippen LogP) is 3.96. The van der Waals surface area contributed by atoms with Crippen molar-refractivity contribution in [1.29, 1.82) is 0 Å². The molecule has 0 saturated carbocycles. The quantitative estimate of drug-likeness (QED) is 0.739. The highest BCUT2D eigenvalue weighted by molar-refractivity contribution is 5.91. The van der Waals surface area contributed by atoms with Crippen LogP contribution in [0.15, 0.2) is 48.7 Å². The number of aromatic nitrogens is 1. The van der Waals surface area contributed by atoms with Crippen molar-refractivity contribution in [3.63, 3.8) is 0 Å². The topological polar surface area (TPSA) is 37.4 Å². The Bertz CT molecular complexity index is 942. The fourth-order valence-corrected chi connectivity index (χ4v) is 3.42. The molecule has 1 aromatic heterocycles. The van der Waals surface area contributed by atoms with Crippen LogP contribution in [0.4, 0.5) is 14.5 Å². The van der Waals surface area contributed by atoms with Gasteiger partial charge in [-0.25, -0.2) is 8.78 Å². The van der Waals surface area contributed by atoms with Gasteiger partial charge in [0.2, 0.25) is 0 Å². The molecule has 1 fully saturated rings. The van der Waals surface area contributed by atoms with Crippen molar-refractivity contribution in [2.24, 2.45) is 0 Å². The molecule has 2 heterocycles. The molecule has 0 amide bonds. The minimum atomic E-state index is -0.525. The Hall–Kier alpha value is -2.57. The van der Waals surface area contributed by atoms with Gasteiger partial charge in [0.1, 0.15) is 17.2 Å². The van der Waals surface area contributed by atoms with Gasteiger partial charge in [0.25, 0.3) is 0 Å². The number of anilines is 1. The maximum Gasteiger partial charge on any atom is 0.149 e. The number of morpholine rings is 1. The standard InChI is InChI=1S/C21H21F2N3O/c22-17-5-6-18(23)21-20(17)19(7-8-24-21)25-13-15-3-1-2-4-16(15)14-26-9-11-27-12-10-26/h1-8H,9-14H2,(H,24,25). The van der Waals surface area contributed by atoms with Crippen molar-refractivity contribution >= 4 is 16.6 Å². The summed E-state index contributed by atoms with van der Waals surface area (Å²) < 4.78 is 33.6. The van der Waals surface area contributed by atoms with E-state index in [-0.39, 0.29) is 10.9 Å². The van der Waals surface area contributed by atoms with Gasteiger partial charge in [0, 0.05) is 38.1 Å². The Morgan fingerprint density at radius 2 is 1.70 bits per heavy atom. The molecule has 6 heteroatoms. The smallest absolute Gasteiger partial charge is 0.149 e. The maximum absolute atomic E-state index is 14.3. The molecular weight excluding hydrogens is 348 g/mol. The molecule has 1 aliphatic heterocycles. The first-order valence-electron chi connectivity index (χ1n) is 9.06. The lowest BCUT2D eigenvalue weighted by atomic mass is 10.1. The summed E-state index contributed by atoms with van der Waals surface area (Å²) in [4.78, 5) is 6.34. The van der Waals surface area contributed by atoms with Crippen LogP contribution in [0.1, 0.15) is 11.1 Å². The highest BCUT2D eigenvalue weighted by Gasteiger charge is 2.14. The van der Waals surface area contributed by atoms with Crippen molar-refractivity contribution in [2.75, 3.05) is 31.6 Å². The van der Waals surface area contributed by atoms with Gasteiger partial charge in [-0.15, -0.1) is 0 Å². The Kier molecular flexibility index (Phi) is 5.27. The summed E-state index contributed by atoms with van der Waals surface area (Å²) in [5, 5.41) is 3.44. The van der Waals surface area contributed by atoms with Crippen LogP contribution in [0, 0.1) is 11.6 Å². The zero-order valence-corrected chi connectivity index (χ0v) is 14.9. The number of fused-ring (bicyclic) bond motifs is 1. The SMILES string of the molecule is Fc1ccc(F)c2c(NCc3ccccc3CN3CCOCC3)ccnc12. The van der Waals surface area contributed by atoms with Gasteiger partial charge < -0.3 is 10.1 Å². The number of pyridine rings is 1. The molecule has 0 unspecified atom stereocenters. The molecule has 4 nitrogen and oxygen atoms in total. The molecule has 2 aromatic carbocycles. The van der Waals surface area contributed by atoms with E-state index in [2.05, 4.69) is 27.3 Å². The van der Waals surface area contributed by atoms with E-state index < -0.39 is 11.6 Å². The molecule has 0 atom stereocenters. The molecule has 1 saturated heterocycles. The fraction of sp³-hybridized carbons (Fsp3) is 0.286. The van der Waals surface area contributed by atoms with Gasteiger partial charge in [-0.3, -0.25) is 9.88 Å². The first kappa shape index (κ1) is 17.8. The summed E-state index contributed by atoms with van der Waals surface area (Å²) in [7, 11) is 0. The lowest BCUT2D eigenvalue weighted by Gasteiger charge is -2.27. The van der Waals surface area contributed by atoms with Crippen LogP contribution in [0.3, 0.4) is 0 Å². The number of hydrogen-bond donors (Lipinski definition) is 1. The van der Waals surface area contributed by atoms with Crippen molar-refractivity contribution in [1.82, 2.24) is 9.88 Å². The Morgan fingerprint density at radius 1 is 0.963 bits per heavy atom. The second kappa shape index (κ2) is 7.98. The highest BCUT2D eigenvalue weighted by Crippen LogP contribution is 2.27. The molecule has 3 aromatic rings. The van der Waals surface area contributed by atoms with Gasteiger partial charge in [0.05, 0.1) is 18.6 Å². The molecule has 0 bridgehead atoms. The molecular formula is C21H21F2N3O. The minimum absolute atomic E-state index is 0.0431. The van der Waals surface area contributed by atoms with Gasteiger partial charge >= 0.3 is 0 Å². The molecule has 1 N–H and O–H groups in total. The summed E-state index contributed by atoms with van der Waals surface area (Å²) in [6, 6.07) is 12.1. The second-order valence-corrected chi connectivity index (χ2v) is 6.62. The van der Waals surface area contributed by atoms with Gasteiger partial charge in [-0.1, -0.05) is 24.3 Å². The van der Waals surface area contributed by atoms with Crippen LogP contribution in [-0.2, 0) is 17.8 Å². The molecule has 0 spiro atoms. The Labute approximate surface area is 156 Å². The number of hydrogen-bond acceptors (Lipinski definition) is 4. The largest absolute Gasteiger partial charge is 0.380 e. The third-order valence-electron chi connectivity index (χ3n) is 4.88.